The topological polar surface area (TPSA) is 254 Å². The van der Waals surface area contributed by atoms with E-state index in [9.17, 15) is 42.3 Å². The maximum atomic E-state index is 15.3. The number of pyridine rings is 1. The van der Waals surface area contributed by atoms with Crippen LogP contribution in [0.5, 0.6) is 5.75 Å². The minimum absolute atomic E-state index is 0.0221. The fraction of sp³-hybridized carbons (Fsp3) is 0.255. The van der Waals surface area contributed by atoms with Gasteiger partial charge in [-0.2, -0.15) is 0 Å². The summed E-state index contributed by atoms with van der Waals surface area (Å²) in [7, 11) is 0. The smallest absolute Gasteiger partial charge is 0.222 e. The van der Waals surface area contributed by atoms with Gasteiger partial charge in [0.2, 0.25) is 31.0 Å². The second-order valence-electron chi connectivity index (χ2n) is 33.6. The second-order valence-corrected chi connectivity index (χ2v) is 36.9. The highest BCUT2D eigenvalue weighted by molar-refractivity contribution is 6.37. The van der Waals surface area contributed by atoms with Gasteiger partial charge in [-0.3, -0.25) is 29.0 Å². The van der Waals surface area contributed by atoms with Gasteiger partial charge in [0.15, 0.2) is 5.82 Å². The van der Waals surface area contributed by atoms with Gasteiger partial charge in [0.1, 0.15) is 77.3 Å². The highest BCUT2D eigenvalue weighted by atomic mass is 35.5. The number of phenolic OH excluding ortho intramolecular Hbond substituents is 1. The molecular formula is C102H91Cl8F4N19O6. The van der Waals surface area contributed by atoms with Crippen molar-refractivity contribution in [3.05, 3.63) is 265 Å². The summed E-state index contributed by atoms with van der Waals surface area (Å²) in [6.07, 6.45) is 11.3. The lowest BCUT2D eigenvalue weighted by Gasteiger charge is -2.38. The number of aromatic nitrogens is 9. The fourth-order valence-electron chi connectivity index (χ4n) is 17.7. The van der Waals surface area contributed by atoms with Crippen LogP contribution in [0.15, 0.2) is 201 Å². The average Bonchev–Trinajstić information content (AvgIpc) is 0.749. The van der Waals surface area contributed by atoms with Crippen LogP contribution in [-0.2, 0) is 24.0 Å². The number of nitrogens with zero attached hydrogens (tertiary/aromatic N) is 19. The van der Waals surface area contributed by atoms with E-state index in [0.29, 0.717) is 143 Å². The SMILES string of the molecule is CC1CN(c2ncnc3cc(Cl)c(-c4ccc(Cl)cc4)cc23)CCN1C=O.CCC(=O)N1CCN(c2ncnc3cc(-c4ccc(F)cc4F)c(Cl)cc23)CC1.CCC(=O)N1CCN(c2ncnc3cc(Cl)c(-c4ccc(Cl)cc4)cc23)CC1.C[C@@H]1CN(c2ncnc3cc(Cl)c(-c4ccc(Cl)cc4)cc23)CCN1C=O.O=CN1CCN(c2ccnc3c(F)c(-c4c(O)cccc4F)c(Cl)cc23)CC1. The Labute approximate surface area is 838 Å². The van der Waals surface area contributed by atoms with Crippen molar-refractivity contribution in [2.45, 2.75) is 52.6 Å². The van der Waals surface area contributed by atoms with Crippen molar-refractivity contribution in [2.24, 2.45) is 0 Å². The molecule has 0 bridgehead atoms. The van der Waals surface area contributed by atoms with Crippen molar-refractivity contribution in [3.63, 3.8) is 0 Å². The molecule has 139 heavy (non-hydrogen) atoms. The molecule has 20 rings (SSSR count). The van der Waals surface area contributed by atoms with Crippen molar-refractivity contribution in [2.75, 3.05) is 142 Å². The highest BCUT2D eigenvalue weighted by Gasteiger charge is 2.32. The van der Waals surface area contributed by atoms with E-state index < -0.39 is 29.0 Å². The van der Waals surface area contributed by atoms with E-state index in [1.807, 2.05) is 161 Å². The van der Waals surface area contributed by atoms with Gasteiger partial charge in [-0.15, -0.1) is 0 Å². The maximum absolute atomic E-state index is 15.3. The third-order valence-corrected chi connectivity index (χ3v) is 27.5. The molecule has 2 atom stereocenters. The molecule has 5 saturated heterocycles. The highest BCUT2D eigenvalue weighted by Crippen LogP contribution is 2.46. The number of aromatic hydroxyl groups is 1. The molecule has 1 unspecified atom stereocenters. The van der Waals surface area contributed by atoms with Crippen LogP contribution in [-0.4, -0.2) is 235 Å². The minimum Gasteiger partial charge on any atom is -0.507 e. The summed E-state index contributed by atoms with van der Waals surface area (Å²) in [6.45, 7) is 19.9. The van der Waals surface area contributed by atoms with Crippen molar-refractivity contribution in [1.82, 2.24) is 69.4 Å². The first-order chi connectivity index (χ1) is 67.2. The predicted molar refractivity (Wildman–Crippen MR) is 546 cm³/mol. The number of rotatable bonds is 15. The largest absolute Gasteiger partial charge is 0.507 e. The summed E-state index contributed by atoms with van der Waals surface area (Å²) in [5, 5.41) is 18.4. The van der Waals surface area contributed by atoms with E-state index >= 15 is 4.39 Å². The van der Waals surface area contributed by atoms with E-state index in [1.165, 1.54) is 42.9 Å². The van der Waals surface area contributed by atoms with Crippen molar-refractivity contribution < 1.29 is 46.6 Å². The molecule has 15 aromatic rings. The number of hydrogen-bond acceptors (Lipinski definition) is 20. The molecule has 0 saturated carbocycles. The summed E-state index contributed by atoms with van der Waals surface area (Å²) in [6, 6.07) is 48.6. The van der Waals surface area contributed by atoms with Gasteiger partial charge in [-0.25, -0.2) is 57.4 Å². The van der Waals surface area contributed by atoms with Crippen LogP contribution in [0, 0.1) is 23.3 Å². The first kappa shape index (κ1) is 99.2. The number of amides is 5. The number of anilines is 5. The van der Waals surface area contributed by atoms with E-state index in [2.05, 4.69) is 64.5 Å². The van der Waals surface area contributed by atoms with Gasteiger partial charge in [0.25, 0.3) is 0 Å². The third kappa shape index (κ3) is 22.2. The molecule has 5 aliphatic rings. The number of halogens is 12. The number of phenols is 1. The monoisotopic (exact) mass is 2030 g/mol. The molecule has 5 aromatic heterocycles. The predicted octanol–water partition coefficient (Wildman–Crippen LogP) is 21.3. The molecule has 10 aromatic carbocycles. The van der Waals surface area contributed by atoms with Gasteiger partial charge >= 0.3 is 0 Å². The lowest BCUT2D eigenvalue weighted by molar-refractivity contribution is -0.131. The van der Waals surface area contributed by atoms with E-state index in [4.69, 9.17) is 92.8 Å². The quantitative estimate of drug-likeness (QED) is 0.0739. The first-order valence-electron chi connectivity index (χ1n) is 44.8. The lowest BCUT2D eigenvalue weighted by Crippen LogP contribution is -2.51. The summed E-state index contributed by atoms with van der Waals surface area (Å²) in [5.41, 5.74) is 9.65. The number of piperazine rings is 5. The Morgan fingerprint density at radius 3 is 1.15 bits per heavy atom. The Balaban J connectivity index is 0.000000125. The molecule has 25 nitrogen and oxygen atoms in total. The van der Waals surface area contributed by atoms with Crippen LogP contribution >= 0.6 is 92.8 Å². The number of hydrogen-bond donors (Lipinski definition) is 1. The summed E-state index contributed by atoms with van der Waals surface area (Å²) >= 11 is 50.4. The van der Waals surface area contributed by atoms with Gasteiger partial charge in [0.05, 0.1) is 47.7 Å². The molecule has 714 valence electrons. The van der Waals surface area contributed by atoms with E-state index in [1.54, 1.807) is 42.1 Å². The molecule has 37 heteroatoms. The Morgan fingerprint density at radius 1 is 0.367 bits per heavy atom. The number of carbonyl (C=O) groups excluding carboxylic acids is 5. The van der Waals surface area contributed by atoms with Crippen molar-refractivity contribution in [3.8, 4) is 61.4 Å². The number of benzene rings is 10. The summed E-state index contributed by atoms with van der Waals surface area (Å²) < 4.78 is 57.1. The zero-order valence-corrected chi connectivity index (χ0v) is 81.6. The molecule has 5 amide bonds. The summed E-state index contributed by atoms with van der Waals surface area (Å²) in [5.74, 6) is 0.375. The Bertz CT molecular complexity index is 6920. The first-order valence-corrected chi connectivity index (χ1v) is 47.9. The van der Waals surface area contributed by atoms with Gasteiger partial charge < -0.3 is 54.1 Å². The normalized spacial score (nSPS) is 15.6. The zero-order chi connectivity index (χ0) is 98.0. The molecule has 1 N–H and O–H groups in total. The molecular weight excluding hydrogens is 1950 g/mol. The zero-order valence-electron chi connectivity index (χ0n) is 75.6. The van der Waals surface area contributed by atoms with Crippen LogP contribution in [0.25, 0.3) is 110 Å². The summed E-state index contributed by atoms with van der Waals surface area (Å²) in [4.78, 5) is 116. The van der Waals surface area contributed by atoms with E-state index in [0.717, 1.165) is 171 Å². The standard InChI is InChI=1S/C21H20Cl2N4O.C21H19ClF2N4O.2C20H18Cl2N4O.C20H16ClF2N3O2/c1-2-20(28)26-7-9-27(10-8-26)21-17-11-16(14-3-5-15(22)6-4-14)18(23)12-19(17)24-13-25-21;1-2-20(29)27-5-7-28(8-6-27)21-16-10-17(22)15(11-19(16)25-12-26-21)14-4-3-13(23)9-18(14)24;2*1-13-10-25(6-7-26(13)12-27)20-17-8-16(14-2-4-15(21)5-3-14)18(22)9-19(17)23-11-24-20;21-13-10-12-15(26-8-6-25(11-27)7-9-26)4-5-24-20(12)19(23)17(13)18-14(22)2-1-3-16(18)28/h3-6,11-13H,2,7-10H2,1H3;3-4,9-12H,2,5-8H2,1H3;2*2-5,8-9,11-13H,6-7,10H2,1H3;1-5,10-11,28H,6-9H2/t;;13-;;/m..1../s1. The molecule has 5 aliphatic heterocycles. The third-order valence-electron chi connectivity index (χ3n) is 25.1. The fourth-order valence-corrected chi connectivity index (χ4v) is 19.4. The minimum atomic E-state index is -0.795. The average molecular weight is 2040 g/mol. The van der Waals surface area contributed by atoms with Crippen LogP contribution < -0.4 is 24.5 Å². The van der Waals surface area contributed by atoms with Crippen LogP contribution in [0.4, 0.5) is 46.5 Å². The van der Waals surface area contributed by atoms with Crippen LogP contribution in [0.1, 0.15) is 40.5 Å². The molecule has 0 radical (unpaired) electrons. The molecule has 5 fully saturated rings. The van der Waals surface area contributed by atoms with Crippen LogP contribution in [0.2, 0.25) is 40.2 Å². The van der Waals surface area contributed by atoms with Crippen LogP contribution in [0.3, 0.4) is 0 Å². The van der Waals surface area contributed by atoms with Crippen molar-refractivity contribution >= 4 is 207 Å². The Kier molecular flexibility index (Phi) is 31.8. The van der Waals surface area contributed by atoms with Gasteiger partial charge in [-0.1, -0.05) is 149 Å². The number of carbonyl (C=O) groups is 5. The van der Waals surface area contributed by atoms with Crippen molar-refractivity contribution in [1.29, 1.82) is 0 Å². The lowest BCUT2D eigenvalue weighted by atomic mass is 10.00. The van der Waals surface area contributed by atoms with Gasteiger partial charge in [-0.05, 0) is 152 Å². The van der Waals surface area contributed by atoms with Gasteiger partial charge in [0, 0.05) is 241 Å². The molecule has 0 spiro atoms. The molecule has 0 aliphatic carbocycles. The molecule has 10 heterocycles. The number of fused-ring (bicyclic) bond motifs is 5. The van der Waals surface area contributed by atoms with E-state index in [-0.39, 0.29) is 51.1 Å². The second kappa shape index (κ2) is 44.5. The Morgan fingerprint density at radius 2 is 0.755 bits per heavy atom. The maximum Gasteiger partial charge on any atom is 0.222 e. The Hall–Kier alpha value is -12.8.